The number of hydrogen-bond donors (Lipinski definition) is 1. The van der Waals surface area contributed by atoms with E-state index in [0.717, 1.165) is 16.8 Å². The molecule has 0 saturated carbocycles. The molecule has 2 rings (SSSR count). The smallest absolute Gasteiger partial charge is 0.0577 e. The number of nitrogens with two attached hydrogens (primary N) is 1. The molecule has 4 heteroatoms. The van der Waals surface area contributed by atoms with Crippen molar-refractivity contribution in [3.05, 3.63) is 63.4 Å². The summed E-state index contributed by atoms with van der Waals surface area (Å²) in [5.41, 5.74) is 9.16. The summed E-state index contributed by atoms with van der Waals surface area (Å²) in [6.45, 7) is 2.02. The van der Waals surface area contributed by atoms with Crippen LogP contribution in [0.5, 0.6) is 0 Å². The van der Waals surface area contributed by atoms with Gasteiger partial charge in [-0.05, 0) is 48.7 Å². The summed E-state index contributed by atoms with van der Waals surface area (Å²) in [6, 6.07) is 9.23. The van der Waals surface area contributed by atoms with Gasteiger partial charge in [0.2, 0.25) is 0 Å². The highest BCUT2D eigenvalue weighted by atomic mass is 35.5. The second kappa shape index (κ2) is 5.70. The van der Waals surface area contributed by atoms with Gasteiger partial charge < -0.3 is 5.73 Å². The molecule has 0 aliphatic carbocycles. The van der Waals surface area contributed by atoms with Crippen LogP contribution in [0.3, 0.4) is 0 Å². The lowest BCUT2D eigenvalue weighted by Gasteiger charge is -2.13. The van der Waals surface area contributed by atoms with Crippen LogP contribution in [0.25, 0.3) is 0 Å². The molecule has 2 aromatic rings. The number of hydrogen-bond acceptors (Lipinski definition) is 2. The Kier molecular flexibility index (Phi) is 4.23. The van der Waals surface area contributed by atoms with E-state index in [-0.39, 0.29) is 6.04 Å². The Bertz CT molecular complexity index is 555. The van der Waals surface area contributed by atoms with Crippen LogP contribution in [-0.2, 0) is 6.42 Å². The molecule has 1 aromatic carbocycles. The largest absolute Gasteiger partial charge is 0.322 e. The Labute approximate surface area is 117 Å². The number of rotatable bonds is 3. The van der Waals surface area contributed by atoms with Crippen molar-refractivity contribution in [2.24, 2.45) is 5.73 Å². The van der Waals surface area contributed by atoms with Crippen molar-refractivity contribution in [1.29, 1.82) is 0 Å². The molecule has 2 nitrogen and oxygen atoms in total. The zero-order valence-corrected chi connectivity index (χ0v) is 11.5. The first-order valence-corrected chi connectivity index (χ1v) is 6.44. The van der Waals surface area contributed by atoms with Crippen LogP contribution in [0.4, 0.5) is 0 Å². The van der Waals surface area contributed by atoms with Gasteiger partial charge in [-0.3, -0.25) is 4.98 Å². The van der Waals surface area contributed by atoms with E-state index < -0.39 is 0 Å². The average molecular weight is 281 g/mol. The van der Waals surface area contributed by atoms with Crippen molar-refractivity contribution >= 4 is 23.2 Å². The zero-order valence-electron chi connectivity index (χ0n) is 10.0. The Balaban J connectivity index is 2.18. The first-order valence-electron chi connectivity index (χ1n) is 5.68. The van der Waals surface area contributed by atoms with Crippen LogP contribution in [-0.4, -0.2) is 4.98 Å². The zero-order chi connectivity index (χ0) is 13.1. The number of nitrogens with zero attached hydrogens (tertiary/aromatic N) is 1. The van der Waals surface area contributed by atoms with E-state index in [0.29, 0.717) is 16.5 Å². The van der Waals surface area contributed by atoms with E-state index >= 15 is 0 Å². The third kappa shape index (κ3) is 3.22. The maximum Gasteiger partial charge on any atom is 0.0577 e. The first-order chi connectivity index (χ1) is 8.56. The lowest BCUT2D eigenvalue weighted by Crippen LogP contribution is -2.15. The second-order valence-electron chi connectivity index (χ2n) is 4.30. The lowest BCUT2D eigenvalue weighted by atomic mass is 10.0. The van der Waals surface area contributed by atoms with Gasteiger partial charge in [-0.2, -0.15) is 0 Å². The van der Waals surface area contributed by atoms with E-state index in [1.54, 1.807) is 12.3 Å². The number of halogens is 2. The minimum absolute atomic E-state index is 0.163. The summed E-state index contributed by atoms with van der Waals surface area (Å²) >= 11 is 12.0. The van der Waals surface area contributed by atoms with E-state index in [1.165, 1.54) is 0 Å². The normalized spacial score (nSPS) is 12.4. The highest BCUT2D eigenvalue weighted by molar-refractivity contribution is 6.35. The molecule has 1 heterocycles. The molecule has 1 aromatic heterocycles. The lowest BCUT2D eigenvalue weighted by molar-refractivity contribution is 0.695. The van der Waals surface area contributed by atoms with Crippen LogP contribution in [0.2, 0.25) is 10.0 Å². The Morgan fingerprint density at radius 2 is 2.00 bits per heavy atom. The number of aryl methyl sites for hydroxylation is 1. The highest BCUT2D eigenvalue weighted by Gasteiger charge is 2.11. The van der Waals surface area contributed by atoms with Gasteiger partial charge in [0.25, 0.3) is 0 Å². The van der Waals surface area contributed by atoms with Crippen molar-refractivity contribution < 1.29 is 0 Å². The summed E-state index contributed by atoms with van der Waals surface area (Å²) in [5, 5.41) is 1.27. The standard InChI is InChI=1S/C14H14Cl2N2/c1-9-4-5-18-14(6-9)13(17)7-10-2-3-11(15)8-12(10)16/h2-6,8,13H,7,17H2,1H3. The van der Waals surface area contributed by atoms with Crippen LogP contribution in [0.1, 0.15) is 22.9 Å². The van der Waals surface area contributed by atoms with E-state index in [9.17, 15) is 0 Å². The number of benzene rings is 1. The van der Waals surface area contributed by atoms with Gasteiger partial charge in [0.05, 0.1) is 11.7 Å². The van der Waals surface area contributed by atoms with Crippen molar-refractivity contribution in [2.75, 3.05) is 0 Å². The van der Waals surface area contributed by atoms with Crippen molar-refractivity contribution in [2.45, 2.75) is 19.4 Å². The van der Waals surface area contributed by atoms with Gasteiger partial charge in [-0.15, -0.1) is 0 Å². The van der Waals surface area contributed by atoms with Gasteiger partial charge in [0.1, 0.15) is 0 Å². The maximum absolute atomic E-state index is 6.15. The van der Waals surface area contributed by atoms with Gasteiger partial charge in [-0.1, -0.05) is 29.3 Å². The van der Waals surface area contributed by atoms with Crippen molar-refractivity contribution in [3.8, 4) is 0 Å². The molecule has 0 aliphatic heterocycles. The van der Waals surface area contributed by atoms with Crippen molar-refractivity contribution in [1.82, 2.24) is 4.98 Å². The highest BCUT2D eigenvalue weighted by Crippen LogP contribution is 2.24. The molecule has 0 saturated heterocycles. The van der Waals surface area contributed by atoms with Gasteiger partial charge in [0, 0.05) is 16.2 Å². The third-order valence-corrected chi connectivity index (χ3v) is 3.36. The van der Waals surface area contributed by atoms with E-state index in [2.05, 4.69) is 4.98 Å². The topological polar surface area (TPSA) is 38.9 Å². The minimum Gasteiger partial charge on any atom is -0.322 e. The minimum atomic E-state index is -0.163. The summed E-state index contributed by atoms with van der Waals surface area (Å²) in [5.74, 6) is 0. The molecule has 2 N–H and O–H groups in total. The summed E-state index contributed by atoms with van der Waals surface area (Å²) in [4.78, 5) is 4.29. The fraction of sp³-hybridized carbons (Fsp3) is 0.214. The van der Waals surface area contributed by atoms with E-state index in [4.69, 9.17) is 28.9 Å². The van der Waals surface area contributed by atoms with Gasteiger partial charge >= 0.3 is 0 Å². The van der Waals surface area contributed by atoms with Crippen LogP contribution in [0.15, 0.2) is 36.5 Å². The number of aromatic nitrogens is 1. The third-order valence-electron chi connectivity index (χ3n) is 2.77. The molecule has 0 radical (unpaired) electrons. The molecule has 0 amide bonds. The molecular weight excluding hydrogens is 267 g/mol. The molecule has 18 heavy (non-hydrogen) atoms. The molecule has 1 unspecified atom stereocenters. The monoisotopic (exact) mass is 280 g/mol. The van der Waals surface area contributed by atoms with E-state index in [1.807, 2.05) is 31.2 Å². The first kappa shape index (κ1) is 13.3. The summed E-state index contributed by atoms with van der Waals surface area (Å²) in [6.07, 6.45) is 2.42. The summed E-state index contributed by atoms with van der Waals surface area (Å²) in [7, 11) is 0. The summed E-state index contributed by atoms with van der Waals surface area (Å²) < 4.78 is 0. The fourth-order valence-corrected chi connectivity index (χ4v) is 2.28. The fourth-order valence-electron chi connectivity index (χ4n) is 1.79. The Morgan fingerprint density at radius 1 is 1.22 bits per heavy atom. The predicted molar refractivity (Wildman–Crippen MR) is 76.1 cm³/mol. The molecule has 94 valence electrons. The van der Waals surface area contributed by atoms with Crippen LogP contribution in [0, 0.1) is 6.92 Å². The predicted octanol–water partition coefficient (Wildman–Crippen LogP) is 3.94. The quantitative estimate of drug-likeness (QED) is 0.925. The SMILES string of the molecule is Cc1ccnc(C(N)Cc2ccc(Cl)cc2Cl)c1. The average Bonchev–Trinajstić information content (AvgIpc) is 2.32. The van der Waals surface area contributed by atoms with Gasteiger partial charge in [-0.25, -0.2) is 0 Å². The second-order valence-corrected chi connectivity index (χ2v) is 5.15. The Morgan fingerprint density at radius 3 is 2.67 bits per heavy atom. The van der Waals surface area contributed by atoms with Crippen molar-refractivity contribution in [3.63, 3.8) is 0 Å². The maximum atomic E-state index is 6.15. The van der Waals surface area contributed by atoms with Crippen LogP contribution >= 0.6 is 23.2 Å². The molecule has 0 bridgehead atoms. The number of pyridine rings is 1. The molecular formula is C14H14Cl2N2. The molecule has 0 fully saturated rings. The molecule has 1 atom stereocenters. The molecule has 0 aliphatic rings. The van der Waals surface area contributed by atoms with Gasteiger partial charge in [0.15, 0.2) is 0 Å². The van der Waals surface area contributed by atoms with Crippen LogP contribution < -0.4 is 5.73 Å². The molecule has 0 spiro atoms. The Hall–Kier alpha value is -1.09.